The summed E-state index contributed by atoms with van der Waals surface area (Å²) in [7, 11) is 1.61. The number of hydrogen-bond donors (Lipinski definition) is 4. The highest BCUT2D eigenvalue weighted by Crippen LogP contribution is 2.31. The predicted octanol–water partition coefficient (Wildman–Crippen LogP) is 0.437. The predicted molar refractivity (Wildman–Crippen MR) is 139 cm³/mol. The number of carbonyl (C=O) groups excluding carboxylic acids is 2. The Labute approximate surface area is 220 Å². The molecule has 1 aromatic carbocycles. The van der Waals surface area contributed by atoms with Crippen LogP contribution in [0.25, 0.3) is 16.7 Å². The first-order valence-electron chi connectivity index (χ1n) is 13.2. The number of rotatable bonds is 11. The molecule has 2 aromatic heterocycles. The number of carbonyl (C=O) groups is 2. The van der Waals surface area contributed by atoms with Crippen molar-refractivity contribution < 1.29 is 29.5 Å². The Bertz CT molecular complexity index is 1280. The number of ether oxygens (including phenoxy) is 2. The molecule has 0 bridgehead atoms. The molecule has 3 aromatic rings. The van der Waals surface area contributed by atoms with Crippen molar-refractivity contribution in [3.8, 4) is 17.3 Å². The van der Waals surface area contributed by atoms with Crippen molar-refractivity contribution >= 4 is 22.7 Å². The van der Waals surface area contributed by atoms with Crippen LogP contribution >= 0.6 is 0 Å². The first kappa shape index (κ1) is 25.9. The fraction of sp³-hybridized carbons (Fsp3) is 0.481. The third-order valence-corrected chi connectivity index (χ3v) is 7.04. The molecule has 38 heavy (non-hydrogen) atoms. The van der Waals surface area contributed by atoms with Crippen LogP contribution in [-0.4, -0.2) is 75.7 Å². The quantitative estimate of drug-likeness (QED) is 0.285. The van der Waals surface area contributed by atoms with Gasteiger partial charge in [0.15, 0.2) is 24.1 Å². The van der Waals surface area contributed by atoms with E-state index < -0.39 is 18.1 Å². The molecule has 202 valence electrons. The van der Waals surface area contributed by atoms with Crippen molar-refractivity contribution in [2.75, 3.05) is 13.7 Å². The van der Waals surface area contributed by atoms with E-state index in [1.165, 1.54) is 0 Å². The fourth-order valence-electron chi connectivity index (χ4n) is 4.80. The summed E-state index contributed by atoms with van der Waals surface area (Å²) in [5.41, 5.74) is 0.712. The highest BCUT2D eigenvalue weighted by Gasteiger charge is 2.38. The molecular formula is C27H35N6O5+. The lowest BCUT2D eigenvalue weighted by molar-refractivity contribution is -0.659. The number of methoxy groups -OCH3 is 1. The first-order valence-corrected chi connectivity index (χ1v) is 13.2. The van der Waals surface area contributed by atoms with Gasteiger partial charge in [0.2, 0.25) is 0 Å². The number of aliphatic hydroxyl groups excluding tert-OH is 1. The third kappa shape index (κ3) is 5.89. The molecule has 1 aliphatic heterocycles. The number of benzene rings is 1. The van der Waals surface area contributed by atoms with Crippen LogP contribution in [0.15, 0.2) is 42.7 Å². The summed E-state index contributed by atoms with van der Waals surface area (Å²) in [6.45, 7) is 2.56. The van der Waals surface area contributed by atoms with Crippen molar-refractivity contribution in [1.29, 1.82) is 0 Å². The van der Waals surface area contributed by atoms with Gasteiger partial charge >= 0.3 is 0 Å². The second kappa shape index (κ2) is 11.4. The lowest BCUT2D eigenvalue weighted by atomic mass is 10.0. The van der Waals surface area contributed by atoms with E-state index in [0.29, 0.717) is 42.2 Å². The Morgan fingerprint density at radius 1 is 1.29 bits per heavy atom. The van der Waals surface area contributed by atoms with Crippen LogP contribution in [0.1, 0.15) is 39.0 Å². The van der Waals surface area contributed by atoms with Gasteiger partial charge < -0.3 is 30.5 Å². The van der Waals surface area contributed by atoms with Crippen LogP contribution < -0.4 is 25.4 Å². The van der Waals surface area contributed by atoms with Gasteiger partial charge in [-0.15, -0.1) is 0 Å². The van der Waals surface area contributed by atoms with Crippen molar-refractivity contribution in [3.63, 3.8) is 0 Å². The van der Waals surface area contributed by atoms with E-state index in [2.05, 4.69) is 15.7 Å². The van der Waals surface area contributed by atoms with Crippen molar-refractivity contribution in [2.24, 2.45) is 0 Å². The normalized spacial score (nSPS) is 20.6. The average Bonchev–Trinajstić information content (AvgIpc) is 3.36. The zero-order valence-electron chi connectivity index (χ0n) is 21.7. The molecule has 11 nitrogen and oxygen atoms in total. The van der Waals surface area contributed by atoms with Gasteiger partial charge in [0, 0.05) is 36.0 Å². The molecule has 0 radical (unpaired) electrons. The Morgan fingerprint density at radius 2 is 2.13 bits per heavy atom. The van der Waals surface area contributed by atoms with Gasteiger partial charge in [-0.1, -0.05) is 13.3 Å². The maximum Gasteiger partial charge on any atom is 0.278 e. The Morgan fingerprint density at radius 3 is 2.84 bits per heavy atom. The monoisotopic (exact) mass is 523 g/mol. The molecule has 5 rings (SSSR count). The van der Waals surface area contributed by atoms with Crippen LogP contribution in [0.2, 0.25) is 0 Å². The van der Waals surface area contributed by atoms with Crippen molar-refractivity contribution in [1.82, 2.24) is 25.4 Å². The third-order valence-electron chi connectivity index (χ3n) is 7.04. The number of hydrogen-bond acceptors (Lipinski definition) is 7. The molecule has 2 fully saturated rings. The van der Waals surface area contributed by atoms with E-state index in [1.807, 2.05) is 48.8 Å². The van der Waals surface area contributed by atoms with Crippen LogP contribution in [0.3, 0.4) is 0 Å². The number of quaternary nitrogens is 1. The number of nitrogens with two attached hydrogens (primary N) is 1. The SMILES string of the molecule is CCC[C@H](NC(=O)[C@@H]1C[C@@H](Oc2cc(-n3cccn3)nc3cc(OC)ccc23)C[NH2+]1)C(O)C(=O)NC1CC1. The molecule has 2 amide bonds. The molecule has 1 saturated heterocycles. The van der Waals surface area contributed by atoms with Gasteiger partial charge in [-0.2, -0.15) is 5.10 Å². The van der Waals surface area contributed by atoms with Crippen LogP contribution in [0, 0.1) is 0 Å². The lowest BCUT2D eigenvalue weighted by Gasteiger charge is -2.24. The highest BCUT2D eigenvalue weighted by molar-refractivity contribution is 5.87. The van der Waals surface area contributed by atoms with Crippen LogP contribution in [0.5, 0.6) is 11.5 Å². The smallest absolute Gasteiger partial charge is 0.278 e. The average molecular weight is 524 g/mol. The van der Waals surface area contributed by atoms with Crippen LogP contribution in [0.4, 0.5) is 0 Å². The van der Waals surface area contributed by atoms with Gasteiger partial charge in [-0.25, -0.2) is 9.67 Å². The summed E-state index contributed by atoms with van der Waals surface area (Å²) < 4.78 is 13.5. The van der Waals surface area contributed by atoms with Crippen LogP contribution in [-0.2, 0) is 9.59 Å². The largest absolute Gasteiger partial charge is 0.497 e. The molecule has 1 saturated carbocycles. The molecule has 1 aliphatic carbocycles. The molecule has 2 aliphatic rings. The standard InChI is InChI=1S/C27H34N6O5/c1-3-5-20(25(34)27(36)30-16-6-7-16)32-26(35)22-13-18(15-28-22)38-23-14-24(33-11-4-10-29-33)31-21-12-17(37-2)8-9-19(21)23/h4,8-12,14,16,18,20,22,25,28,34H,3,5-7,13,15H2,1-2H3,(H,30,36)(H,32,35)/p+1/t18-,20+,22+,25?/m1/s1. The molecule has 11 heteroatoms. The molecule has 3 heterocycles. The fourth-order valence-corrected chi connectivity index (χ4v) is 4.80. The number of amides is 2. The van der Waals surface area contributed by atoms with Gasteiger partial charge in [0.25, 0.3) is 11.8 Å². The molecule has 0 spiro atoms. The van der Waals surface area contributed by atoms with E-state index >= 15 is 0 Å². The highest BCUT2D eigenvalue weighted by atomic mass is 16.5. The number of pyridine rings is 1. The Balaban J connectivity index is 1.27. The summed E-state index contributed by atoms with van der Waals surface area (Å²) >= 11 is 0. The minimum atomic E-state index is -1.27. The zero-order valence-corrected chi connectivity index (χ0v) is 21.7. The van der Waals surface area contributed by atoms with Gasteiger partial charge in [-0.05, 0) is 37.5 Å². The van der Waals surface area contributed by atoms with Gasteiger partial charge in [0.1, 0.15) is 18.0 Å². The summed E-state index contributed by atoms with van der Waals surface area (Å²) in [4.78, 5) is 30.2. The Kier molecular flexibility index (Phi) is 7.75. The van der Waals surface area contributed by atoms with Crippen molar-refractivity contribution in [2.45, 2.75) is 69.4 Å². The van der Waals surface area contributed by atoms with E-state index in [-0.39, 0.29) is 24.1 Å². The second-order valence-electron chi connectivity index (χ2n) is 10.00. The topological polar surface area (TPSA) is 144 Å². The molecule has 1 unspecified atom stereocenters. The molecule has 4 atom stereocenters. The minimum absolute atomic E-state index is 0.148. The maximum atomic E-state index is 13.1. The second-order valence-corrected chi connectivity index (χ2v) is 10.00. The van der Waals surface area contributed by atoms with Crippen molar-refractivity contribution in [3.05, 3.63) is 42.7 Å². The van der Waals surface area contributed by atoms with Gasteiger partial charge in [0.05, 0.1) is 25.1 Å². The Hall–Kier alpha value is -3.70. The van der Waals surface area contributed by atoms with Gasteiger partial charge in [-0.3, -0.25) is 9.59 Å². The summed E-state index contributed by atoms with van der Waals surface area (Å²) in [5, 5.41) is 23.4. The lowest BCUT2D eigenvalue weighted by Crippen LogP contribution is -2.90. The number of nitrogens with one attached hydrogen (secondary N) is 2. The maximum absolute atomic E-state index is 13.1. The number of nitrogens with zero attached hydrogens (tertiary/aromatic N) is 3. The first-order chi connectivity index (χ1) is 18.4. The number of aliphatic hydroxyl groups is 1. The van der Waals surface area contributed by atoms with E-state index in [4.69, 9.17) is 14.5 Å². The minimum Gasteiger partial charge on any atom is -0.497 e. The zero-order chi connectivity index (χ0) is 26.6. The summed E-state index contributed by atoms with van der Waals surface area (Å²) in [5.74, 6) is 1.34. The molecule has 5 N–H and O–H groups in total. The number of aromatic nitrogens is 3. The van der Waals surface area contributed by atoms with E-state index in [1.54, 1.807) is 18.0 Å². The number of fused-ring (bicyclic) bond motifs is 1. The van der Waals surface area contributed by atoms with E-state index in [0.717, 1.165) is 24.6 Å². The van der Waals surface area contributed by atoms with E-state index in [9.17, 15) is 14.7 Å². The summed E-state index contributed by atoms with van der Waals surface area (Å²) in [6, 6.07) is 8.44. The molecular weight excluding hydrogens is 488 g/mol. The summed E-state index contributed by atoms with van der Waals surface area (Å²) in [6.07, 6.45) is 5.63.